The topological polar surface area (TPSA) is 52.6 Å². The summed E-state index contributed by atoms with van der Waals surface area (Å²) in [5.41, 5.74) is 0.951. The Morgan fingerprint density at radius 1 is 0.571 bits per heavy atom. The molecule has 0 unspecified atom stereocenters. The summed E-state index contributed by atoms with van der Waals surface area (Å²) < 4.78 is 11.5. The maximum Gasteiger partial charge on any atom is 0.311 e. The van der Waals surface area contributed by atoms with Gasteiger partial charge in [-0.1, -0.05) is 123 Å². The minimum atomic E-state index is -0.242. The second kappa shape index (κ2) is 21.4. The number of carbonyl (C=O) groups excluding carboxylic acids is 2. The zero-order valence-electron chi connectivity index (χ0n) is 23.0. The van der Waals surface area contributed by atoms with Gasteiger partial charge in [0, 0.05) is 12.8 Å². The van der Waals surface area contributed by atoms with Crippen molar-refractivity contribution >= 4 is 11.9 Å². The number of hydrogen-bond donors (Lipinski definition) is 0. The van der Waals surface area contributed by atoms with Gasteiger partial charge in [-0.25, -0.2) is 0 Å². The molecular formula is C31H52O4. The molecule has 1 aromatic rings. The van der Waals surface area contributed by atoms with E-state index in [1.165, 1.54) is 64.2 Å². The summed E-state index contributed by atoms with van der Waals surface area (Å²) >= 11 is 0. The second-order valence-corrected chi connectivity index (χ2v) is 9.89. The average molecular weight is 489 g/mol. The highest BCUT2D eigenvalue weighted by Gasteiger charge is 2.17. The molecule has 0 bridgehead atoms. The van der Waals surface area contributed by atoms with E-state index in [4.69, 9.17) is 9.47 Å². The van der Waals surface area contributed by atoms with Crippen LogP contribution in [0.5, 0.6) is 11.5 Å². The molecule has 35 heavy (non-hydrogen) atoms. The van der Waals surface area contributed by atoms with Crippen molar-refractivity contribution in [2.24, 2.45) is 0 Å². The first kappa shape index (κ1) is 31.2. The highest BCUT2D eigenvalue weighted by Crippen LogP contribution is 2.33. The van der Waals surface area contributed by atoms with Crippen molar-refractivity contribution in [3.8, 4) is 11.5 Å². The molecule has 0 aliphatic rings. The summed E-state index contributed by atoms with van der Waals surface area (Å²) in [7, 11) is 0. The minimum Gasteiger partial charge on any atom is -0.423 e. The predicted molar refractivity (Wildman–Crippen MR) is 146 cm³/mol. The molecule has 4 nitrogen and oxygen atoms in total. The fourth-order valence-corrected chi connectivity index (χ4v) is 4.31. The van der Waals surface area contributed by atoms with Crippen molar-refractivity contribution in [2.75, 3.05) is 0 Å². The SMILES string of the molecule is CCCCCCCCCC(=O)Oc1cccc(CCCCC)c1OC(=O)CCCCCCCCC. The van der Waals surface area contributed by atoms with E-state index < -0.39 is 0 Å². The summed E-state index contributed by atoms with van der Waals surface area (Å²) in [5, 5.41) is 0. The van der Waals surface area contributed by atoms with Crippen LogP contribution in [0.2, 0.25) is 0 Å². The largest absolute Gasteiger partial charge is 0.423 e. The van der Waals surface area contributed by atoms with E-state index in [-0.39, 0.29) is 11.9 Å². The van der Waals surface area contributed by atoms with Crippen LogP contribution < -0.4 is 9.47 Å². The molecule has 0 N–H and O–H groups in total. The second-order valence-electron chi connectivity index (χ2n) is 9.89. The lowest BCUT2D eigenvalue weighted by molar-refractivity contribution is -0.137. The Balaban J connectivity index is 2.61. The smallest absolute Gasteiger partial charge is 0.311 e. The van der Waals surface area contributed by atoms with Crippen molar-refractivity contribution in [2.45, 2.75) is 149 Å². The van der Waals surface area contributed by atoms with Crippen LogP contribution >= 0.6 is 0 Å². The molecule has 0 heterocycles. The van der Waals surface area contributed by atoms with Gasteiger partial charge in [0.05, 0.1) is 0 Å². The average Bonchev–Trinajstić information content (AvgIpc) is 2.85. The third-order valence-corrected chi connectivity index (χ3v) is 6.52. The number of para-hydroxylation sites is 1. The number of esters is 2. The molecule has 0 spiro atoms. The monoisotopic (exact) mass is 488 g/mol. The Morgan fingerprint density at radius 2 is 1.03 bits per heavy atom. The lowest BCUT2D eigenvalue weighted by atomic mass is 10.1. The first-order valence-corrected chi connectivity index (χ1v) is 14.7. The van der Waals surface area contributed by atoms with Gasteiger partial charge in [-0.3, -0.25) is 9.59 Å². The van der Waals surface area contributed by atoms with E-state index in [2.05, 4.69) is 20.8 Å². The van der Waals surface area contributed by atoms with Crippen LogP contribution in [0.3, 0.4) is 0 Å². The summed E-state index contributed by atoms with van der Waals surface area (Å²) in [6.45, 7) is 6.61. The minimum absolute atomic E-state index is 0.231. The van der Waals surface area contributed by atoms with Crippen LogP contribution in [-0.4, -0.2) is 11.9 Å². The van der Waals surface area contributed by atoms with Gasteiger partial charge in [0.25, 0.3) is 0 Å². The van der Waals surface area contributed by atoms with Crippen molar-refractivity contribution in [1.82, 2.24) is 0 Å². The van der Waals surface area contributed by atoms with Crippen molar-refractivity contribution in [3.63, 3.8) is 0 Å². The van der Waals surface area contributed by atoms with Crippen LogP contribution in [0.4, 0.5) is 0 Å². The predicted octanol–water partition coefficient (Wildman–Crippen LogP) is 9.51. The molecular weight excluding hydrogens is 436 g/mol. The normalized spacial score (nSPS) is 10.9. The lowest BCUT2D eigenvalue weighted by Crippen LogP contribution is -2.13. The van der Waals surface area contributed by atoms with Gasteiger partial charge in [-0.15, -0.1) is 0 Å². The van der Waals surface area contributed by atoms with Crippen LogP contribution in [0.25, 0.3) is 0 Å². The lowest BCUT2D eigenvalue weighted by Gasteiger charge is -2.15. The highest BCUT2D eigenvalue weighted by molar-refractivity contribution is 5.76. The number of benzene rings is 1. The van der Waals surface area contributed by atoms with E-state index >= 15 is 0 Å². The molecule has 4 heteroatoms. The van der Waals surface area contributed by atoms with E-state index in [1.807, 2.05) is 12.1 Å². The standard InChI is InChI=1S/C31H52O4/c1-4-7-10-12-14-16-19-25-29(32)34-28-24-21-23-27(22-18-9-6-3)31(28)35-30(33)26-20-17-15-13-11-8-5-2/h21,23-24H,4-20,22,25-26H2,1-3H3. The summed E-state index contributed by atoms with van der Waals surface area (Å²) in [6, 6.07) is 5.63. The van der Waals surface area contributed by atoms with Gasteiger partial charge >= 0.3 is 11.9 Å². The molecule has 0 fully saturated rings. The Morgan fingerprint density at radius 3 is 1.57 bits per heavy atom. The molecule has 0 aromatic heterocycles. The molecule has 0 amide bonds. The molecule has 0 saturated heterocycles. The van der Waals surface area contributed by atoms with Gasteiger partial charge in [0.1, 0.15) is 0 Å². The fraction of sp³-hybridized carbons (Fsp3) is 0.742. The van der Waals surface area contributed by atoms with Crippen molar-refractivity contribution < 1.29 is 19.1 Å². The zero-order chi connectivity index (χ0) is 25.6. The number of rotatable bonds is 22. The number of aryl methyl sites for hydroxylation is 1. The number of hydrogen-bond acceptors (Lipinski definition) is 4. The Bertz CT molecular complexity index is 683. The van der Waals surface area contributed by atoms with Crippen LogP contribution in [-0.2, 0) is 16.0 Å². The van der Waals surface area contributed by atoms with E-state index in [0.29, 0.717) is 24.3 Å². The molecule has 1 aromatic carbocycles. The molecule has 0 saturated carbocycles. The molecule has 0 aliphatic heterocycles. The van der Waals surface area contributed by atoms with E-state index in [9.17, 15) is 9.59 Å². The Hall–Kier alpha value is -1.84. The van der Waals surface area contributed by atoms with Crippen molar-refractivity contribution in [3.05, 3.63) is 23.8 Å². The van der Waals surface area contributed by atoms with Gasteiger partial charge in [0.15, 0.2) is 11.5 Å². The quantitative estimate of drug-likeness (QED) is 0.0926. The first-order chi connectivity index (χ1) is 17.1. The Labute approximate surface area is 215 Å². The highest BCUT2D eigenvalue weighted by atomic mass is 16.6. The zero-order valence-corrected chi connectivity index (χ0v) is 23.0. The maximum absolute atomic E-state index is 12.6. The maximum atomic E-state index is 12.6. The molecule has 0 aliphatic carbocycles. The van der Waals surface area contributed by atoms with E-state index in [1.54, 1.807) is 6.07 Å². The fourth-order valence-electron chi connectivity index (χ4n) is 4.31. The summed E-state index contributed by atoms with van der Waals surface area (Å²) in [4.78, 5) is 25.1. The van der Waals surface area contributed by atoms with Gasteiger partial charge in [-0.05, 0) is 37.3 Å². The van der Waals surface area contributed by atoms with E-state index in [0.717, 1.165) is 56.9 Å². The molecule has 200 valence electrons. The third kappa shape index (κ3) is 15.7. The van der Waals surface area contributed by atoms with Crippen LogP contribution in [0.1, 0.15) is 148 Å². The van der Waals surface area contributed by atoms with Gasteiger partial charge in [-0.2, -0.15) is 0 Å². The number of ether oxygens (including phenoxy) is 2. The number of unbranched alkanes of at least 4 members (excludes halogenated alkanes) is 14. The van der Waals surface area contributed by atoms with Gasteiger partial charge < -0.3 is 9.47 Å². The third-order valence-electron chi connectivity index (χ3n) is 6.52. The van der Waals surface area contributed by atoms with Gasteiger partial charge in [0.2, 0.25) is 0 Å². The molecule has 0 radical (unpaired) electrons. The van der Waals surface area contributed by atoms with Crippen LogP contribution in [0.15, 0.2) is 18.2 Å². The summed E-state index contributed by atoms with van der Waals surface area (Å²) in [6.07, 6.45) is 21.1. The summed E-state index contributed by atoms with van der Waals surface area (Å²) in [5.74, 6) is 0.365. The Kier molecular flexibility index (Phi) is 19.1. The molecule has 1 rings (SSSR count). The first-order valence-electron chi connectivity index (χ1n) is 14.7. The van der Waals surface area contributed by atoms with Crippen molar-refractivity contribution in [1.29, 1.82) is 0 Å². The number of carbonyl (C=O) groups is 2. The van der Waals surface area contributed by atoms with Crippen LogP contribution in [0, 0.1) is 0 Å². The molecule has 0 atom stereocenters.